The van der Waals surface area contributed by atoms with E-state index < -0.39 is 0 Å². The number of thiazole rings is 1. The van der Waals surface area contributed by atoms with Crippen LogP contribution >= 0.6 is 11.3 Å². The van der Waals surface area contributed by atoms with E-state index in [2.05, 4.69) is 17.2 Å². The third-order valence-electron chi connectivity index (χ3n) is 2.60. The molecule has 0 unspecified atom stereocenters. The Balaban J connectivity index is 1.89. The average Bonchev–Trinajstić information content (AvgIpc) is 2.85. The summed E-state index contributed by atoms with van der Waals surface area (Å²) in [6.45, 7) is 7.01. The first-order valence-corrected chi connectivity index (χ1v) is 7.43. The fraction of sp³-hybridized carbons (Fsp3) is 0.400. The molecule has 19 heavy (non-hydrogen) atoms. The highest BCUT2D eigenvalue weighted by atomic mass is 32.1. The van der Waals surface area contributed by atoms with E-state index in [1.54, 1.807) is 11.3 Å². The fourth-order valence-corrected chi connectivity index (χ4v) is 2.51. The van der Waals surface area contributed by atoms with Gasteiger partial charge in [-0.3, -0.25) is 0 Å². The van der Waals surface area contributed by atoms with Gasteiger partial charge < -0.3 is 10.1 Å². The summed E-state index contributed by atoms with van der Waals surface area (Å²) in [5.41, 5.74) is 1.10. The molecule has 0 saturated carbocycles. The predicted octanol–water partition coefficient (Wildman–Crippen LogP) is 4.10. The lowest BCUT2D eigenvalue weighted by molar-refractivity contribution is 0.242. The lowest BCUT2D eigenvalue weighted by Crippen LogP contribution is -2.05. The number of ether oxygens (including phenoxy) is 1. The molecule has 4 heteroatoms. The molecular weight excluding hydrogens is 256 g/mol. The van der Waals surface area contributed by atoms with Crippen molar-refractivity contribution in [3.05, 3.63) is 40.3 Å². The summed E-state index contributed by atoms with van der Waals surface area (Å²) < 4.78 is 5.61. The van der Waals surface area contributed by atoms with E-state index in [1.165, 1.54) is 9.88 Å². The highest BCUT2D eigenvalue weighted by Crippen LogP contribution is 2.19. The Morgan fingerprint density at radius 2 is 2.00 bits per heavy atom. The zero-order chi connectivity index (χ0) is 13.7. The minimum absolute atomic E-state index is 0.212. The maximum atomic E-state index is 5.61. The largest absolute Gasteiger partial charge is 0.491 e. The van der Waals surface area contributed by atoms with Crippen molar-refractivity contribution < 1.29 is 4.74 Å². The first-order valence-electron chi connectivity index (χ1n) is 6.61. The molecule has 0 aliphatic carbocycles. The molecule has 0 saturated heterocycles. The van der Waals surface area contributed by atoms with Gasteiger partial charge in [-0.25, -0.2) is 4.98 Å². The van der Waals surface area contributed by atoms with E-state index in [-0.39, 0.29) is 6.10 Å². The van der Waals surface area contributed by atoms with Crippen molar-refractivity contribution in [2.24, 2.45) is 0 Å². The molecule has 0 spiro atoms. The standard InChI is InChI=1S/C15H20N2OS/c1-4-15-17-10-14(19-15)9-16-12-5-7-13(8-6-12)18-11(2)3/h5-8,10-11,16H,4,9H2,1-3H3. The maximum absolute atomic E-state index is 5.61. The van der Waals surface area contributed by atoms with Gasteiger partial charge >= 0.3 is 0 Å². The molecule has 0 fully saturated rings. The van der Waals surface area contributed by atoms with Crippen LogP contribution in [0.3, 0.4) is 0 Å². The van der Waals surface area contributed by atoms with Crippen LogP contribution in [-0.2, 0) is 13.0 Å². The Labute approximate surface area is 118 Å². The van der Waals surface area contributed by atoms with Crippen LogP contribution in [0.5, 0.6) is 5.75 Å². The van der Waals surface area contributed by atoms with Crippen molar-refractivity contribution in [2.45, 2.75) is 39.8 Å². The molecule has 102 valence electrons. The number of nitrogens with one attached hydrogen (secondary N) is 1. The highest BCUT2D eigenvalue weighted by Gasteiger charge is 2.01. The number of hydrogen-bond donors (Lipinski definition) is 1. The van der Waals surface area contributed by atoms with Crippen LogP contribution in [-0.4, -0.2) is 11.1 Å². The Hall–Kier alpha value is -1.55. The van der Waals surface area contributed by atoms with E-state index in [9.17, 15) is 0 Å². The normalized spacial score (nSPS) is 10.7. The molecular formula is C15H20N2OS. The van der Waals surface area contributed by atoms with Crippen LogP contribution in [0, 0.1) is 0 Å². The molecule has 0 atom stereocenters. The van der Waals surface area contributed by atoms with Gasteiger partial charge in [0.15, 0.2) is 0 Å². The smallest absolute Gasteiger partial charge is 0.119 e. The van der Waals surface area contributed by atoms with Gasteiger partial charge in [0.2, 0.25) is 0 Å². The molecule has 2 rings (SSSR count). The first kappa shape index (κ1) is 13.9. The minimum atomic E-state index is 0.212. The van der Waals surface area contributed by atoms with Gasteiger partial charge in [0.25, 0.3) is 0 Å². The van der Waals surface area contributed by atoms with Gasteiger partial charge in [0.1, 0.15) is 5.75 Å². The Kier molecular flexibility index (Phi) is 4.80. The molecule has 1 N–H and O–H groups in total. The minimum Gasteiger partial charge on any atom is -0.491 e. The van der Waals surface area contributed by atoms with E-state index in [0.717, 1.165) is 24.4 Å². The number of aromatic nitrogens is 1. The molecule has 1 aromatic heterocycles. The predicted molar refractivity (Wildman–Crippen MR) is 81.0 cm³/mol. The van der Waals surface area contributed by atoms with Crippen LogP contribution in [0.2, 0.25) is 0 Å². The Bertz CT molecular complexity index is 505. The third-order valence-corrected chi connectivity index (χ3v) is 3.74. The second-order valence-electron chi connectivity index (χ2n) is 4.62. The van der Waals surface area contributed by atoms with Crippen LogP contribution in [0.4, 0.5) is 5.69 Å². The molecule has 1 heterocycles. The molecule has 0 radical (unpaired) electrons. The van der Waals surface area contributed by atoms with Gasteiger partial charge in [-0.1, -0.05) is 6.92 Å². The number of anilines is 1. The van der Waals surface area contributed by atoms with Gasteiger partial charge in [0, 0.05) is 16.8 Å². The summed E-state index contributed by atoms with van der Waals surface area (Å²) in [5.74, 6) is 0.909. The van der Waals surface area contributed by atoms with Crippen LogP contribution < -0.4 is 10.1 Å². The second kappa shape index (κ2) is 6.57. The Morgan fingerprint density at radius 1 is 1.26 bits per heavy atom. The summed E-state index contributed by atoms with van der Waals surface area (Å²) in [7, 11) is 0. The molecule has 0 aliphatic rings. The fourth-order valence-electron chi connectivity index (χ4n) is 1.71. The number of rotatable bonds is 6. The summed E-state index contributed by atoms with van der Waals surface area (Å²) in [6, 6.07) is 8.07. The third kappa shape index (κ3) is 4.24. The SMILES string of the molecule is CCc1ncc(CNc2ccc(OC(C)C)cc2)s1. The number of aryl methyl sites for hydroxylation is 1. The second-order valence-corrected chi connectivity index (χ2v) is 5.82. The molecule has 0 amide bonds. The molecule has 2 aromatic rings. The van der Waals surface area contributed by atoms with E-state index >= 15 is 0 Å². The average molecular weight is 276 g/mol. The van der Waals surface area contributed by atoms with Crippen LogP contribution in [0.25, 0.3) is 0 Å². The number of hydrogen-bond acceptors (Lipinski definition) is 4. The molecule has 0 aliphatic heterocycles. The monoisotopic (exact) mass is 276 g/mol. The number of nitrogens with zero attached hydrogens (tertiary/aromatic N) is 1. The summed E-state index contributed by atoms with van der Waals surface area (Å²) >= 11 is 1.77. The molecule has 0 bridgehead atoms. The summed E-state index contributed by atoms with van der Waals surface area (Å²) in [4.78, 5) is 5.62. The number of benzene rings is 1. The Morgan fingerprint density at radius 3 is 2.58 bits per heavy atom. The van der Waals surface area contributed by atoms with Crippen molar-refractivity contribution in [2.75, 3.05) is 5.32 Å². The zero-order valence-corrected chi connectivity index (χ0v) is 12.5. The maximum Gasteiger partial charge on any atom is 0.119 e. The quantitative estimate of drug-likeness (QED) is 0.862. The van der Waals surface area contributed by atoms with Gasteiger partial charge in [0.05, 0.1) is 17.7 Å². The molecule has 1 aromatic carbocycles. The summed E-state index contributed by atoms with van der Waals surface area (Å²) in [6.07, 6.45) is 3.17. The van der Waals surface area contributed by atoms with E-state index in [1.807, 2.05) is 44.3 Å². The van der Waals surface area contributed by atoms with E-state index in [4.69, 9.17) is 4.74 Å². The highest BCUT2D eigenvalue weighted by molar-refractivity contribution is 7.11. The van der Waals surface area contributed by atoms with Crippen molar-refractivity contribution in [1.29, 1.82) is 0 Å². The van der Waals surface area contributed by atoms with E-state index in [0.29, 0.717) is 0 Å². The van der Waals surface area contributed by atoms with Crippen molar-refractivity contribution >= 4 is 17.0 Å². The van der Waals surface area contributed by atoms with Gasteiger partial charge in [-0.15, -0.1) is 11.3 Å². The van der Waals surface area contributed by atoms with Gasteiger partial charge in [-0.05, 0) is 44.5 Å². The van der Waals surface area contributed by atoms with Gasteiger partial charge in [-0.2, -0.15) is 0 Å². The lowest BCUT2D eigenvalue weighted by Gasteiger charge is -2.10. The lowest BCUT2D eigenvalue weighted by atomic mass is 10.3. The molecule has 3 nitrogen and oxygen atoms in total. The topological polar surface area (TPSA) is 34.2 Å². The zero-order valence-electron chi connectivity index (χ0n) is 11.6. The van der Waals surface area contributed by atoms with Crippen LogP contribution in [0.1, 0.15) is 30.7 Å². The van der Waals surface area contributed by atoms with Crippen molar-refractivity contribution in [3.8, 4) is 5.75 Å². The van der Waals surface area contributed by atoms with Crippen molar-refractivity contribution in [3.63, 3.8) is 0 Å². The van der Waals surface area contributed by atoms with Crippen LogP contribution in [0.15, 0.2) is 30.5 Å². The van der Waals surface area contributed by atoms with Crippen molar-refractivity contribution in [1.82, 2.24) is 4.98 Å². The first-order chi connectivity index (χ1) is 9.17. The summed E-state index contributed by atoms with van der Waals surface area (Å²) in [5, 5.41) is 4.59.